The van der Waals surface area contributed by atoms with Gasteiger partial charge in [-0.3, -0.25) is 4.79 Å². The van der Waals surface area contributed by atoms with E-state index in [1.807, 2.05) is 30.3 Å². The Hall–Kier alpha value is -3.93. The summed E-state index contributed by atoms with van der Waals surface area (Å²) in [5.41, 5.74) is 2.46. The third-order valence-corrected chi connectivity index (χ3v) is 8.83. The van der Waals surface area contributed by atoms with E-state index in [4.69, 9.17) is 0 Å². The predicted molar refractivity (Wildman–Crippen MR) is 146 cm³/mol. The van der Waals surface area contributed by atoms with E-state index in [-0.39, 0.29) is 22.8 Å². The largest absolute Gasteiger partial charge is 0.306 e. The van der Waals surface area contributed by atoms with Crippen LogP contribution in [0, 0.1) is 12.7 Å². The van der Waals surface area contributed by atoms with Crippen molar-refractivity contribution in [3.8, 4) is 5.13 Å². The van der Waals surface area contributed by atoms with Gasteiger partial charge in [0.2, 0.25) is 15.2 Å². The van der Waals surface area contributed by atoms with Crippen molar-refractivity contribution in [2.45, 2.75) is 25.3 Å². The highest BCUT2D eigenvalue weighted by molar-refractivity contribution is 7.89. The van der Waals surface area contributed by atoms with Gasteiger partial charge >= 0.3 is 0 Å². The molecule has 0 saturated heterocycles. The number of amides is 1. The SMILES string of the molecule is CCN(Cc1ccccc1)S(=O)(=O)c1ccc(C(=O)Nc2cc(C)nn2-c2nc3ccc(F)cc3s2)cc1. The van der Waals surface area contributed by atoms with Gasteiger partial charge in [-0.25, -0.2) is 17.8 Å². The number of aromatic nitrogens is 3. The summed E-state index contributed by atoms with van der Waals surface area (Å²) >= 11 is 1.25. The van der Waals surface area contributed by atoms with Gasteiger partial charge in [-0.1, -0.05) is 48.6 Å². The highest BCUT2D eigenvalue weighted by Gasteiger charge is 2.24. The lowest BCUT2D eigenvalue weighted by atomic mass is 10.2. The molecule has 2 aromatic heterocycles. The molecule has 2 heterocycles. The number of hydrogen-bond acceptors (Lipinski definition) is 6. The number of halogens is 1. The summed E-state index contributed by atoms with van der Waals surface area (Å²) < 4.78 is 43.6. The summed E-state index contributed by atoms with van der Waals surface area (Å²) in [7, 11) is -3.75. The van der Waals surface area contributed by atoms with Gasteiger partial charge in [-0.2, -0.15) is 14.1 Å². The van der Waals surface area contributed by atoms with E-state index < -0.39 is 15.9 Å². The van der Waals surface area contributed by atoms with E-state index in [0.29, 0.717) is 33.4 Å². The van der Waals surface area contributed by atoms with Crippen LogP contribution in [0.5, 0.6) is 0 Å². The van der Waals surface area contributed by atoms with Gasteiger partial charge in [0.05, 0.1) is 20.8 Å². The van der Waals surface area contributed by atoms with E-state index >= 15 is 0 Å². The van der Waals surface area contributed by atoms with Crippen molar-refractivity contribution in [3.05, 3.63) is 102 Å². The first-order valence-corrected chi connectivity index (χ1v) is 14.1. The Kier molecular flexibility index (Phi) is 7.06. The van der Waals surface area contributed by atoms with Crippen LogP contribution >= 0.6 is 11.3 Å². The topological polar surface area (TPSA) is 97.2 Å². The average molecular weight is 550 g/mol. The normalized spacial score (nSPS) is 11.8. The van der Waals surface area contributed by atoms with Crippen molar-refractivity contribution in [1.82, 2.24) is 19.1 Å². The Bertz CT molecular complexity index is 1720. The highest BCUT2D eigenvalue weighted by Crippen LogP contribution is 2.28. The summed E-state index contributed by atoms with van der Waals surface area (Å²) in [6, 6.07) is 21.2. The Morgan fingerprint density at radius 2 is 1.79 bits per heavy atom. The van der Waals surface area contributed by atoms with Crippen LogP contribution in [0.2, 0.25) is 0 Å². The molecule has 194 valence electrons. The zero-order valence-corrected chi connectivity index (χ0v) is 22.3. The summed E-state index contributed by atoms with van der Waals surface area (Å²) in [4.78, 5) is 17.6. The van der Waals surface area contributed by atoms with Gasteiger partial charge in [0.25, 0.3) is 5.91 Å². The number of benzene rings is 3. The second-order valence-electron chi connectivity index (χ2n) is 8.59. The first-order valence-electron chi connectivity index (χ1n) is 11.8. The van der Waals surface area contributed by atoms with Crippen molar-refractivity contribution >= 4 is 43.3 Å². The van der Waals surface area contributed by atoms with Crippen LogP contribution < -0.4 is 5.32 Å². The summed E-state index contributed by atoms with van der Waals surface area (Å²) in [5.74, 6) is -0.395. The molecular formula is C27H24FN5O3S2. The van der Waals surface area contributed by atoms with Crippen LogP contribution in [0.25, 0.3) is 15.3 Å². The van der Waals surface area contributed by atoms with Crippen molar-refractivity contribution < 1.29 is 17.6 Å². The molecule has 0 unspecified atom stereocenters. The van der Waals surface area contributed by atoms with Crippen LogP contribution in [0.4, 0.5) is 10.2 Å². The molecule has 8 nitrogen and oxygen atoms in total. The molecular weight excluding hydrogens is 525 g/mol. The van der Waals surface area contributed by atoms with Gasteiger partial charge in [0, 0.05) is 24.7 Å². The molecule has 3 aromatic carbocycles. The lowest BCUT2D eigenvalue weighted by molar-refractivity contribution is 0.102. The Morgan fingerprint density at radius 3 is 2.50 bits per heavy atom. The van der Waals surface area contributed by atoms with Crippen LogP contribution in [-0.2, 0) is 16.6 Å². The van der Waals surface area contributed by atoms with Crippen molar-refractivity contribution in [2.24, 2.45) is 0 Å². The Balaban J connectivity index is 1.35. The number of nitrogens with zero attached hydrogens (tertiary/aromatic N) is 4. The maximum absolute atomic E-state index is 13.6. The number of carbonyl (C=O) groups excluding carboxylic acids is 1. The van der Waals surface area contributed by atoms with E-state index in [9.17, 15) is 17.6 Å². The third kappa shape index (κ3) is 5.21. The highest BCUT2D eigenvalue weighted by atomic mass is 32.2. The molecule has 0 atom stereocenters. The molecule has 0 saturated carbocycles. The van der Waals surface area contributed by atoms with Gasteiger partial charge in [0.1, 0.15) is 11.6 Å². The summed E-state index contributed by atoms with van der Waals surface area (Å²) in [6.07, 6.45) is 0. The number of thiazole rings is 1. The van der Waals surface area contributed by atoms with E-state index in [2.05, 4.69) is 15.4 Å². The van der Waals surface area contributed by atoms with Gasteiger partial charge in [-0.05, 0) is 55.0 Å². The molecule has 5 rings (SSSR count). The molecule has 0 bridgehead atoms. The number of aryl methyl sites for hydroxylation is 1. The maximum Gasteiger partial charge on any atom is 0.256 e. The van der Waals surface area contributed by atoms with Crippen molar-refractivity contribution in [2.75, 3.05) is 11.9 Å². The maximum atomic E-state index is 13.6. The number of nitrogens with one attached hydrogen (secondary N) is 1. The van der Waals surface area contributed by atoms with Gasteiger partial charge < -0.3 is 5.32 Å². The molecule has 0 radical (unpaired) electrons. The van der Waals surface area contributed by atoms with E-state index in [1.54, 1.807) is 26.0 Å². The number of fused-ring (bicyclic) bond motifs is 1. The summed E-state index contributed by atoms with van der Waals surface area (Å²) in [6.45, 7) is 4.13. The first-order chi connectivity index (χ1) is 18.2. The molecule has 0 spiro atoms. The fourth-order valence-electron chi connectivity index (χ4n) is 3.98. The van der Waals surface area contributed by atoms with Crippen LogP contribution in [0.3, 0.4) is 0 Å². The second kappa shape index (κ2) is 10.4. The molecule has 0 aliphatic rings. The molecule has 1 N–H and O–H groups in total. The smallest absolute Gasteiger partial charge is 0.256 e. The minimum absolute atomic E-state index is 0.106. The molecule has 0 aliphatic heterocycles. The number of carbonyl (C=O) groups is 1. The standard InChI is InChI=1S/C27H24FN5O3S2/c1-3-32(17-19-7-5-4-6-8-19)38(35,36)22-12-9-20(10-13-22)26(34)30-25-15-18(2)31-33(25)27-29-23-14-11-21(28)16-24(23)37-27/h4-16H,3,17H2,1-2H3,(H,30,34). The zero-order valence-electron chi connectivity index (χ0n) is 20.6. The van der Waals surface area contributed by atoms with Crippen molar-refractivity contribution in [1.29, 1.82) is 0 Å². The minimum atomic E-state index is -3.75. The second-order valence-corrected chi connectivity index (χ2v) is 11.5. The monoisotopic (exact) mass is 549 g/mol. The number of anilines is 1. The van der Waals surface area contributed by atoms with Gasteiger partial charge in [0.15, 0.2) is 0 Å². The Labute approximate surface area is 223 Å². The molecule has 5 aromatic rings. The van der Waals surface area contributed by atoms with Crippen LogP contribution in [-0.4, -0.2) is 39.9 Å². The minimum Gasteiger partial charge on any atom is -0.306 e. The molecule has 1 amide bonds. The Morgan fingerprint density at radius 1 is 1.05 bits per heavy atom. The van der Waals surface area contributed by atoms with Crippen molar-refractivity contribution in [3.63, 3.8) is 0 Å². The average Bonchev–Trinajstić information content (AvgIpc) is 3.50. The zero-order chi connectivity index (χ0) is 26.9. The molecule has 11 heteroatoms. The number of sulfonamides is 1. The number of hydrogen-bond donors (Lipinski definition) is 1. The number of rotatable bonds is 8. The fraction of sp³-hybridized carbons (Fsp3) is 0.148. The fourth-order valence-corrected chi connectivity index (χ4v) is 6.37. The molecule has 0 fully saturated rings. The predicted octanol–water partition coefficient (Wildman–Crippen LogP) is 5.39. The van der Waals surface area contributed by atoms with Gasteiger partial charge in [-0.15, -0.1) is 0 Å². The van der Waals surface area contributed by atoms with E-state index in [1.165, 1.54) is 56.7 Å². The molecule has 0 aliphatic carbocycles. The summed E-state index contributed by atoms with van der Waals surface area (Å²) in [5, 5.41) is 7.73. The quantitative estimate of drug-likeness (QED) is 0.280. The molecule has 38 heavy (non-hydrogen) atoms. The lowest BCUT2D eigenvalue weighted by Crippen LogP contribution is -2.30. The van der Waals surface area contributed by atoms with E-state index in [0.717, 1.165) is 5.56 Å². The van der Waals surface area contributed by atoms with Crippen LogP contribution in [0.15, 0.2) is 83.8 Å². The van der Waals surface area contributed by atoms with Crippen LogP contribution in [0.1, 0.15) is 28.5 Å². The first kappa shape index (κ1) is 25.7. The lowest BCUT2D eigenvalue weighted by Gasteiger charge is -2.20. The third-order valence-electron chi connectivity index (χ3n) is 5.90.